The van der Waals surface area contributed by atoms with Crippen LogP contribution in [0.2, 0.25) is 5.02 Å². The molecule has 3 N–H and O–H groups in total. The summed E-state index contributed by atoms with van der Waals surface area (Å²) in [6, 6.07) is 5.34. The van der Waals surface area contributed by atoms with Gasteiger partial charge >= 0.3 is 6.18 Å². The zero-order valence-corrected chi connectivity index (χ0v) is 20.9. The number of carbonyl (C=O) groups is 1. The molecule has 1 saturated heterocycles. The second-order valence-electron chi connectivity index (χ2n) is 9.36. The lowest BCUT2D eigenvalue weighted by atomic mass is 9.84. The zero-order chi connectivity index (χ0) is 26.0. The Morgan fingerprint density at radius 3 is 2.53 bits per heavy atom. The molecular weight excluding hydrogens is 493 g/mol. The number of nitrogens with two attached hydrogens (primary N) is 1. The fourth-order valence-corrected chi connectivity index (χ4v) is 4.91. The van der Waals surface area contributed by atoms with Crippen molar-refractivity contribution in [2.45, 2.75) is 51.6 Å². The van der Waals surface area contributed by atoms with E-state index in [0.717, 1.165) is 43.1 Å². The summed E-state index contributed by atoms with van der Waals surface area (Å²) in [5, 5.41) is 6.02. The van der Waals surface area contributed by atoms with Gasteiger partial charge in [0.25, 0.3) is 0 Å². The first-order valence-corrected chi connectivity index (χ1v) is 12.1. The van der Waals surface area contributed by atoms with Crippen molar-refractivity contribution in [2.24, 2.45) is 5.73 Å². The molecule has 0 atom stereocenters. The van der Waals surface area contributed by atoms with Crippen LogP contribution in [0.4, 0.5) is 13.2 Å². The summed E-state index contributed by atoms with van der Waals surface area (Å²) < 4.78 is 38.6. The maximum Gasteiger partial charge on any atom is 0.435 e. The van der Waals surface area contributed by atoms with Crippen LogP contribution in [0.25, 0.3) is 0 Å². The molecule has 3 aromatic rings. The number of H-pyrrole nitrogens is 1. The van der Waals surface area contributed by atoms with Gasteiger partial charge in [0.2, 0.25) is 5.91 Å². The number of aromatic amines is 1. The van der Waals surface area contributed by atoms with Crippen molar-refractivity contribution in [3.05, 3.63) is 74.6 Å². The number of rotatable bonds is 7. The molecule has 11 heteroatoms. The van der Waals surface area contributed by atoms with Crippen LogP contribution in [0.3, 0.4) is 0 Å². The molecule has 192 valence electrons. The first kappa shape index (κ1) is 26.1. The molecule has 4 rings (SSSR count). The van der Waals surface area contributed by atoms with Gasteiger partial charge in [-0.2, -0.15) is 18.3 Å². The fourth-order valence-electron chi connectivity index (χ4n) is 4.75. The number of likely N-dealkylation sites (tertiary alicyclic amines) is 1. The molecule has 36 heavy (non-hydrogen) atoms. The van der Waals surface area contributed by atoms with Gasteiger partial charge in [-0.15, -0.1) is 0 Å². The van der Waals surface area contributed by atoms with E-state index in [4.69, 9.17) is 17.3 Å². The van der Waals surface area contributed by atoms with Crippen molar-refractivity contribution < 1.29 is 18.0 Å². The van der Waals surface area contributed by atoms with Crippen molar-refractivity contribution in [3.63, 3.8) is 0 Å². The standard InChI is InChI=1S/C25H28ClF3N6O/c1-14-8-19(16-3-5-35(6-4-16)13-23(30)36)15(2)7-17(14)9-24-31-12-20(26)21(32-24)10-18-11-22(34-33-18)25(27,28)29/h7-8,11-12,16H,3-6,9-10,13H2,1-2H3,(H2,30,36)(H,33,34). The smallest absolute Gasteiger partial charge is 0.369 e. The monoisotopic (exact) mass is 520 g/mol. The number of aromatic nitrogens is 4. The lowest BCUT2D eigenvalue weighted by Crippen LogP contribution is -2.39. The van der Waals surface area contributed by atoms with Crippen molar-refractivity contribution in [3.8, 4) is 0 Å². The highest BCUT2D eigenvalue weighted by molar-refractivity contribution is 6.31. The summed E-state index contributed by atoms with van der Waals surface area (Å²) in [5.41, 5.74) is 9.76. The molecule has 0 spiro atoms. The van der Waals surface area contributed by atoms with Gasteiger partial charge in [-0.3, -0.25) is 14.8 Å². The Balaban J connectivity index is 1.47. The minimum Gasteiger partial charge on any atom is -0.369 e. The summed E-state index contributed by atoms with van der Waals surface area (Å²) in [5.74, 6) is 0.671. The van der Waals surface area contributed by atoms with Gasteiger partial charge in [-0.1, -0.05) is 23.7 Å². The summed E-state index contributed by atoms with van der Waals surface area (Å²) in [6.07, 6.45) is -0.525. The fraction of sp³-hybridized carbons (Fsp3) is 0.440. The average molecular weight is 521 g/mol. The molecule has 0 unspecified atom stereocenters. The van der Waals surface area contributed by atoms with E-state index in [1.165, 1.54) is 17.3 Å². The molecule has 1 fully saturated rings. The quantitative estimate of drug-likeness (QED) is 0.483. The third-order valence-corrected chi connectivity index (χ3v) is 6.94. The van der Waals surface area contributed by atoms with Crippen LogP contribution in [0.5, 0.6) is 0 Å². The second-order valence-corrected chi connectivity index (χ2v) is 9.77. The number of hydrogen-bond donors (Lipinski definition) is 2. The third kappa shape index (κ3) is 6.22. The van der Waals surface area contributed by atoms with Crippen molar-refractivity contribution in [1.82, 2.24) is 25.1 Å². The maximum absolute atomic E-state index is 12.9. The van der Waals surface area contributed by atoms with Gasteiger partial charge in [0.1, 0.15) is 5.82 Å². The van der Waals surface area contributed by atoms with E-state index in [-0.39, 0.29) is 23.0 Å². The van der Waals surface area contributed by atoms with Gasteiger partial charge in [-0.25, -0.2) is 9.97 Å². The van der Waals surface area contributed by atoms with Crippen molar-refractivity contribution in [2.75, 3.05) is 19.6 Å². The highest BCUT2D eigenvalue weighted by Gasteiger charge is 2.34. The zero-order valence-electron chi connectivity index (χ0n) is 20.1. The predicted molar refractivity (Wildman–Crippen MR) is 130 cm³/mol. The average Bonchev–Trinajstić information content (AvgIpc) is 3.28. The van der Waals surface area contributed by atoms with Crippen LogP contribution in [-0.2, 0) is 23.8 Å². The number of benzene rings is 1. The summed E-state index contributed by atoms with van der Waals surface area (Å²) in [7, 11) is 0. The number of primary amides is 1. The van der Waals surface area contributed by atoms with Gasteiger partial charge < -0.3 is 5.73 Å². The molecule has 1 amide bonds. The summed E-state index contributed by atoms with van der Waals surface area (Å²) in [6.45, 7) is 6.14. The third-order valence-electron chi connectivity index (χ3n) is 6.63. The topological polar surface area (TPSA) is 101 Å². The number of aryl methyl sites for hydroxylation is 2. The molecule has 7 nitrogen and oxygen atoms in total. The van der Waals surface area contributed by atoms with Crippen molar-refractivity contribution >= 4 is 17.5 Å². The molecule has 2 aromatic heterocycles. The van der Waals surface area contributed by atoms with E-state index in [0.29, 0.717) is 30.4 Å². The Morgan fingerprint density at radius 1 is 1.17 bits per heavy atom. The highest BCUT2D eigenvalue weighted by Crippen LogP contribution is 2.32. The number of amides is 1. The van der Waals surface area contributed by atoms with Gasteiger partial charge in [0.15, 0.2) is 5.69 Å². The van der Waals surface area contributed by atoms with Crippen LogP contribution in [0, 0.1) is 13.8 Å². The Morgan fingerprint density at radius 2 is 1.89 bits per heavy atom. The largest absolute Gasteiger partial charge is 0.435 e. The molecule has 0 bridgehead atoms. The van der Waals surface area contributed by atoms with E-state index in [9.17, 15) is 18.0 Å². The van der Waals surface area contributed by atoms with Crippen LogP contribution in [-0.4, -0.2) is 50.6 Å². The Kier molecular flexibility index (Phi) is 7.65. The Bertz CT molecular complexity index is 1250. The SMILES string of the molecule is Cc1cc(C2CCN(CC(N)=O)CC2)c(C)cc1Cc1ncc(Cl)c(Cc2cc(C(F)(F)F)n[nH]2)n1. The molecule has 1 aliphatic heterocycles. The van der Waals surface area contributed by atoms with Gasteiger partial charge in [0.05, 0.1) is 17.3 Å². The van der Waals surface area contributed by atoms with E-state index >= 15 is 0 Å². The lowest BCUT2D eigenvalue weighted by Gasteiger charge is -2.32. The van der Waals surface area contributed by atoms with Gasteiger partial charge in [0, 0.05) is 24.7 Å². The minimum atomic E-state index is -4.52. The molecule has 3 heterocycles. The summed E-state index contributed by atoms with van der Waals surface area (Å²) >= 11 is 6.24. The number of nitrogens with zero attached hydrogens (tertiary/aromatic N) is 4. The molecule has 0 aliphatic carbocycles. The second kappa shape index (κ2) is 10.6. The predicted octanol–water partition coefficient (Wildman–Crippen LogP) is 4.34. The number of nitrogens with one attached hydrogen (secondary N) is 1. The van der Waals surface area contributed by atoms with Gasteiger partial charge in [-0.05, 0) is 74.0 Å². The molecule has 1 aliphatic rings. The van der Waals surface area contributed by atoms with Crippen LogP contribution >= 0.6 is 11.6 Å². The first-order valence-electron chi connectivity index (χ1n) is 11.7. The molecule has 0 radical (unpaired) electrons. The van der Waals surface area contributed by atoms with E-state index < -0.39 is 11.9 Å². The number of hydrogen-bond acceptors (Lipinski definition) is 5. The van der Waals surface area contributed by atoms with E-state index in [2.05, 4.69) is 51.0 Å². The van der Waals surface area contributed by atoms with Crippen LogP contribution in [0.1, 0.15) is 63.9 Å². The maximum atomic E-state index is 12.9. The van der Waals surface area contributed by atoms with Crippen molar-refractivity contribution in [1.29, 1.82) is 0 Å². The number of alkyl halides is 3. The van der Waals surface area contributed by atoms with Crippen LogP contribution < -0.4 is 5.73 Å². The normalized spacial score (nSPS) is 15.4. The number of piperidine rings is 1. The van der Waals surface area contributed by atoms with Crippen LogP contribution in [0.15, 0.2) is 24.4 Å². The lowest BCUT2D eigenvalue weighted by molar-refractivity contribution is -0.141. The Hall–Kier alpha value is -2.98. The minimum absolute atomic E-state index is 0.0861. The molecule has 0 saturated carbocycles. The molecular formula is C25H28ClF3N6O. The van der Waals surface area contributed by atoms with E-state index in [1.807, 2.05) is 0 Å². The molecule has 1 aromatic carbocycles. The first-order chi connectivity index (χ1) is 17.0. The number of carbonyl (C=O) groups excluding carboxylic acids is 1. The van der Waals surface area contributed by atoms with E-state index in [1.54, 1.807) is 0 Å². The number of halogens is 4. The highest BCUT2D eigenvalue weighted by atomic mass is 35.5. The summed E-state index contributed by atoms with van der Waals surface area (Å²) in [4.78, 5) is 22.2. The Labute approximate surface area is 212 Å².